The molecular weight excluding hydrogens is 500 g/mol. The number of amides is 1. The molecule has 2 aromatic rings. The minimum Gasteiger partial charge on any atom is -0.493 e. The molecule has 0 aromatic heterocycles. The normalized spacial score (nSPS) is 11.6. The van der Waals surface area contributed by atoms with Crippen molar-refractivity contribution in [2.24, 2.45) is 0 Å². The highest BCUT2D eigenvalue weighted by Crippen LogP contribution is 2.34. The van der Waals surface area contributed by atoms with Gasteiger partial charge in [0.25, 0.3) is 5.91 Å². The predicted molar refractivity (Wildman–Crippen MR) is 134 cm³/mol. The number of carbonyl (C=O) groups excluding carboxylic acids is 2. The van der Waals surface area contributed by atoms with Gasteiger partial charge in [-0.2, -0.15) is 5.26 Å². The minimum absolute atomic E-state index is 0.0435. The second-order valence-electron chi connectivity index (χ2n) is 8.86. The molecule has 180 valence electrons. The molecule has 34 heavy (non-hydrogen) atoms. The van der Waals surface area contributed by atoms with E-state index >= 15 is 0 Å². The third-order valence-corrected chi connectivity index (χ3v) is 5.10. The number of hydrogen-bond acceptors (Lipinski definition) is 6. The maximum Gasteiger partial charge on any atom is 0.349 e. The van der Waals surface area contributed by atoms with Crippen LogP contribution in [0.15, 0.2) is 46.4 Å². The molecule has 0 aliphatic carbocycles. The Labute approximate surface area is 208 Å². The van der Waals surface area contributed by atoms with Crippen molar-refractivity contribution in [1.82, 2.24) is 5.32 Å². The first-order valence-electron chi connectivity index (χ1n) is 10.7. The number of halogens is 1. The van der Waals surface area contributed by atoms with Crippen LogP contribution in [0.2, 0.25) is 0 Å². The summed E-state index contributed by atoms with van der Waals surface area (Å²) < 4.78 is 17.4. The number of nitrogens with zero attached hydrogens (tertiary/aromatic N) is 1. The Hall–Kier alpha value is -3.31. The zero-order chi connectivity index (χ0) is 25.5. The van der Waals surface area contributed by atoms with Crippen LogP contribution in [-0.2, 0) is 15.0 Å². The third kappa shape index (κ3) is 7.63. The van der Waals surface area contributed by atoms with Gasteiger partial charge in [-0.1, -0.05) is 42.8 Å². The molecule has 1 amide bonds. The van der Waals surface area contributed by atoms with E-state index in [0.717, 1.165) is 10.0 Å². The van der Waals surface area contributed by atoms with Crippen LogP contribution in [0.4, 0.5) is 0 Å². The van der Waals surface area contributed by atoms with Gasteiger partial charge in [-0.3, -0.25) is 4.79 Å². The van der Waals surface area contributed by atoms with Crippen LogP contribution >= 0.6 is 15.9 Å². The first-order valence-corrected chi connectivity index (χ1v) is 11.5. The Kier molecular flexibility index (Phi) is 9.28. The zero-order valence-electron chi connectivity index (χ0n) is 20.2. The van der Waals surface area contributed by atoms with Gasteiger partial charge in [0.1, 0.15) is 17.4 Å². The summed E-state index contributed by atoms with van der Waals surface area (Å²) in [4.78, 5) is 24.6. The lowest BCUT2D eigenvalue weighted by Gasteiger charge is -2.23. The molecule has 0 bridgehead atoms. The lowest BCUT2D eigenvalue weighted by atomic mass is 9.86. The van der Waals surface area contributed by atoms with Gasteiger partial charge in [0, 0.05) is 16.1 Å². The number of ether oxygens (including phenoxy) is 3. The Bertz CT molecular complexity index is 1130. The van der Waals surface area contributed by atoms with Crippen molar-refractivity contribution in [3.63, 3.8) is 0 Å². The predicted octanol–water partition coefficient (Wildman–Crippen LogP) is 5.17. The Morgan fingerprint density at radius 1 is 1.12 bits per heavy atom. The van der Waals surface area contributed by atoms with Crippen LogP contribution in [0.1, 0.15) is 45.7 Å². The summed E-state index contributed by atoms with van der Waals surface area (Å²) in [7, 11) is 1.44. The molecule has 2 aromatic carbocycles. The Balaban J connectivity index is 2.15. The summed E-state index contributed by atoms with van der Waals surface area (Å²) in [5.74, 6) is 0.0156. The lowest BCUT2D eigenvalue weighted by molar-refractivity contribution is -0.136. The van der Waals surface area contributed by atoms with Gasteiger partial charge in [0.15, 0.2) is 18.1 Å². The van der Waals surface area contributed by atoms with Crippen molar-refractivity contribution in [3.05, 3.63) is 57.6 Å². The van der Waals surface area contributed by atoms with Crippen LogP contribution in [-0.4, -0.2) is 31.6 Å². The van der Waals surface area contributed by atoms with Crippen LogP contribution in [0.5, 0.6) is 17.2 Å². The highest BCUT2D eigenvalue weighted by Gasteiger charge is 2.21. The highest BCUT2D eigenvalue weighted by atomic mass is 79.9. The first kappa shape index (κ1) is 26.9. The van der Waals surface area contributed by atoms with E-state index in [1.807, 2.05) is 38.1 Å². The van der Waals surface area contributed by atoms with E-state index in [2.05, 4.69) is 42.0 Å². The SMILES string of the molecule is COc1cc(/C=C(\C#N)C(=O)NC(C)C)ccc1OC(=O)COc1ccc(Br)cc1C(C)(C)C. The standard InChI is InChI=1S/C26H29BrN2O5/c1-16(2)29-25(31)18(14-28)11-17-7-9-22(23(12-17)32-6)34-24(30)15-33-21-10-8-19(27)13-20(21)26(3,4)5/h7-13,16H,15H2,1-6H3,(H,29,31)/b18-11+. The number of nitriles is 1. The molecular formula is C26H29BrN2O5. The quantitative estimate of drug-likeness (QED) is 0.219. The number of carbonyl (C=O) groups is 2. The van der Waals surface area contributed by atoms with Gasteiger partial charge < -0.3 is 19.5 Å². The van der Waals surface area contributed by atoms with Gasteiger partial charge in [0.05, 0.1) is 7.11 Å². The van der Waals surface area contributed by atoms with Crippen LogP contribution in [0, 0.1) is 11.3 Å². The summed E-state index contributed by atoms with van der Waals surface area (Å²) in [5, 5.41) is 12.0. The fraction of sp³-hybridized carbons (Fsp3) is 0.346. The number of nitrogens with one attached hydrogen (secondary N) is 1. The summed E-state index contributed by atoms with van der Waals surface area (Å²) in [5.41, 5.74) is 1.29. The summed E-state index contributed by atoms with van der Waals surface area (Å²) in [6.07, 6.45) is 1.44. The van der Waals surface area contributed by atoms with Gasteiger partial charge in [-0.25, -0.2) is 4.79 Å². The number of benzene rings is 2. The summed E-state index contributed by atoms with van der Waals surface area (Å²) in [6.45, 7) is 9.51. The van der Waals surface area contributed by atoms with Crippen molar-refractivity contribution in [1.29, 1.82) is 5.26 Å². The number of esters is 1. The van der Waals surface area contributed by atoms with E-state index in [1.165, 1.54) is 19.3 Å². The molecule has 1 N–H and O–H groups in total. The molecule has 7 nitrogen and oxygen atoms in total. The van der Waals surface area contributed by atoms with Crippen molar-refractivity contribution in [2.75, 3.05) is 13.7 Å². The first-order chi connectivity index (χ1) is 15.9. The smallest absolute Gasteiger partial charge is 0.349 e. The maximum absolute atomic E-state index is 12.5. The number of hydrogen-bond donors (Lipinski definition) is 1. The van der Waals surface area contributed by atoms with Crippen molar-refractivity contribution < 1.29 is 23.8 Å². The maximum atomic E-state index is 12.5. The molecule has 0 atom stereocenters. The van der Waals surface area contributed by atoms with Gasteiger partial charge in [-0.05, 0) is 61.2 Å². The summed E-state index contributed by atoms with van der Waals surface area (Å²) in [6, 6.07) is 12.2. The second kappa shape index (κ2) is 11.7. The van der Waals surface area contributed by atoms with E-state index in [1.54, 1.807) is 12.1 Å². The lowest BCUT2D eigenvalue weighted by Crippen LogP contribution is -2.30. The van der Waals surface area contributed by atoms with Crippen molar-refractivity contribution >= 4 is 33.9 Å². The molecule has 0 saturated heterocycles. The largest absolute Gasteiger partial charge is 0.493 e. The fourth-order valence-corrected chi connectivity index (χ4v) is 3.38. The van der Waals surface area contributed by atoms with Gasteiger partial charge in [0.2, 0.25) is 0 Å². The van der Waals surface area contributed by atoms with Gasteiger partial charge in [-0.15, -0.1) is 0 Å². The molecule has 0 saturated carbocycles. The Morgan fingerprint density at radius 2 is 1.79 bits per heavy atom. The molecule has 0 aliphatic rings. The number of methoxy groups -OCH3 is 1. The van der Waals surface area contributed by atoms with Crippen LogP contribution in [0.25, 0.3) is 6.08 Å². The topological polar surface area (TPSA) is 97.6 Å². The average molecular weight is 529 g/mol. The van der Waals surface area contributed by atoms with E-state index < -0.39 is 11.9 Å². The molecule has 0 heterocycles. The summed E-state index contributed by atoms with van der Waals surface area (Å²) >= 11 is 3.47. The molecule has 0 spiro atoms. The molecule has 0 aliphatic heterocycles. The molecule has 8 heteroatoms. The molecule has 0 unspecified atom stereocenters. The zero-order valence-corrected chi connectivity index (χ0v) is 21.8. The van der Waals surface area contributed by atoms with E-state index in [-0.39, 0.29) is 35.1 Å². The van der Waals surface area contributed by atoms with Crippen LogP contribution in [0.3, 0.4) is 0 Å². The molecule has 0 radical (unpaired) electrons. The van der Waals surface area contributed by atoms with E-state index in [9.17, 15) is 14.9 Å². The molecule has 0 fully saturated rings. The van der Waals surface area contributed by atoms with Crippen molar-refractivity contribution in [2.45, 2.75) is 46.1 Å². The van der Waals surface area contributed by atoms with Crippen molar-refractivity contribution in [3.8, 4) is 23.3 Å². The number of rotatable bonds is 8. The average Bonchev–Trinajstić information content (AvgIpc) is 2.76. The fourth-order valence-electron chi connectivity index (χ4n) is 3.02. The van der Waals surface area contributed by atoms with Crippen LogP contribution < -0.4 is 19.5 Å². The third-order valence-electron chi connectivity index (χ3n) is 4.60. The molecule has 2 rings (SSSR count). The minimum atomic E-state index is -0.599. The highest BCUT2D eigenvalue weighted by molar-refractivity contribution is 9.10. The van der Waals surface area contributed by atoms with Gasteiger partial charge >= 0.3 is 5.97 Å². The monoisotopic (exact) mass is 528 g/mol. The second-order valence-corrected chi connectivity index (χ2v) is 9.78. The Morgan fingerprint density at radius 3 is 2.38 bits per heavy atom. The van der Waals surface area contributed by atoms with E-state index in [0.29, 0.717) is 11.3 Å². The van der Waals surface area contributed by atoms with E-state index in [4.69, 9.17) is 14.2 Å².